The molecular formula is C9H9F4NO. The van der Waals surface area contributed by atoms with Crippen molar-refractivity contribution < 1.29 is 22.7 Å². The Morgan fingerprint density at radius 3 is 2.20 bits per heavy atom. The monoisotopic (exact) mass is 223 g/mol. The van der Waals surface area contributed by atoms with E-state index in [1.54, 1.807) is 0 Å². The molecule has 2 nitrogen and oxygen atoms in total. The van der Waals surface area contributed by atoms with Gasteiger partial charge in [-0.15, -0.1) is 0 Å². The molecule has 1 aromatic rings. The van der Waals surface area contributed by atoms with Crippen LogP contribution in [0.2, 0.25) is 0 Å². The van der Waals surface area contributed by atoms with Gasteiger partial charge in [0, 0.05) is 5.56 Å². The summed E-state index contributed by atoms with van der Waals surface area (Å²) in [6.45, 7) is 0. The molecule has 0 saturated heterocycles. The lowest BCUT2D eigenvalue weighted by Crippen LogP contribution is -2.39. The highest BCUT2D eigenvalue weighted by molar-refractivity contribution is 5.22. The van der Waals surface area contributed by atoms with E-state index in [2.05, 4.69) is 0 Å². The van der Waals surface area contributed by atoms with Crippen molar-refractivity contribution in [3.05, 3.63) is 35.6 Å². The quantitative estimate of drug-likeness (QED) is 0.750. The minimum Gasteiger partial charge on any atom is -0.382 e. The van der Waals surface area contributed by atoms with Gasteiger partial charge in [0.1, 0.15) is 5.82 Å². The molecule has 3 N–H and O–H groups in total. The van der Waals surface area contributed by atoms with Gasteiger partial charge in [0.2, 0.25) is 0 Å². The van der Waals surface area contributed by atoms with Crippen molar-refractivity contribution >= 4 is 0 Å². The molecule has 1 rings (SSSR count). The maximum atomic E-state index is 13.0. The first kappa shape index (κ1) is 11.9. The summed E-state index contributed by atoms with van der Waals surface area (Å²) in [6.07, 6.45) is -7.63. The van der Waals surface area contributed by atoms with E-state index in [1.807, 2.05) is 0 Å². The topological polar surface area (TPSA) is 46.2 Å². The summed E-state index contributed by atoms with van der Waals surface area (Å²) in [5.74, 6) is -0.867. The van der Waals surface area contributed by atoms with E-state index in [-0.39, 0.29) is 5.56 Å². The number of aliphatic hydroxyl groups is 1. The van der Waals surface area contributed by atoms with Gasteiger partial charge in [0.25, 0.3) is 0 Å². The van der Waals surface area contributed by atoms with E-state index in [9.17, 15) is 17.6 Å². The maximum absolute atomic E-state index is 13.0. The number of alkyl halides is 3. The van der Waals surface area contributed by atoms with Crippen LogP contribution in [0, 0.1) is 5.82 Å². The molecular weight excluding hydrogens is 214 g/mol. The number of nitrogens with two attached hydrogens (primary N) is 1. The molecule has 0 radical (unpaired) electrons. The average Bonchev–Trinajstić information content (AvgIpc) is 2.15. The largest absolute Gasteiger partial charge is 0.416 e. The molecule has 2 atom stereocenters. The van der Waals surface area contributed by atoms with Gasteiger partial charge in [-0.2, -0.15) is 13.2 Å². The molecule has 1 aromatic carbocycles. The van der Waals surface area contributed by atoms with Gasteiger partial charge >= 0.3 is 6.18 Å². The third-order valence-electron chi connectivity index (χ3n) is 1.94. The maximum Gasteiger partial charge on any atom is 0.416 e. The van der Waals surface area contributed by atoms with Crippen molar-refractivity contribution in [2.75, 3.05) is 0 Å². The van der Waals surface area contributed by atoms with E-state index < -0.39 is 24.1 Å². The molecule has 0 aliphatic rings. The normalized spacial score (nSPS) is 16.1. The summed E-state index contributed by atoms with van der Waals surface area (Å²) in [6, 6.07) is 2.95. The molecule has 84 valence electrons. The number of aliphatic hydroxyl groups excluding tert-OH is 1. The van der Waals surface area contributed by atoms with Crippen LogP contribution >= 0.6 is 0 Å². The summed E-state index contributed by atoms with van der Waals surface area (Å²) in [7, 11) is 0. The number of benzene rings is 1. The fourth-order valence-electron chi connectivity index (χ4n) is 1.12. The van der Waals surface area contributed by atoms with Crippen LogP contribution in [-0.2, 0) is 0 Å². The Hall–Kier alpha value is -1.14. The minimum absolute atomic E-state index is 0.359. The lowest BCUT2D eigenvalue weighted by atomic mass is 10.0. The van der Waals surface area contributed by atoms with E-state index >= 15 is 0 Å². The Morgan fingerprint density at radius 2 is 1.73 bits per heavy atom. The number of rotatable bonds is 2. The molecule has 15 heavy (non-hydrogen) atoms. The fourth-order valence-corrected chi connectivity index (χ4v) is 1.12. The molecule has 0 amide bonds. The van der Waals surface area contributed by atoms with Crippen LogP contribution in [0.15, 0.2) is 24.3 Å². The molecule has 0 aliphatic heterocycles. The molecule has 0 heterocycles. The highest BCUT2D eigenvalue weighted by Crippen LogP contribution is 2.29. The van der Waals surface area contributed by atoms with Gasteiger partial charge < -0.3 is 10.8 Å². The lowest BCUT2D eigenvalue weighted by Gasteiger charge is -2.21. The van der Waals surface area contributed by atoms with E-state index in [0.717, 1.165) is 12.1 Å². The van der Waals surface area contributed by atoms with Crippen molar-refractivity contribution in [2.24, 2.45) is 5.73 Å². The Bertz CT molecular complexity index is 339. The van der Waals surface area contributed by atoms with Gasteiger partial charge in [0.05, 0.1) is 6.04 Å². The van der Waals surface area contributed by atoms with E-state index in [0.29, 0.717) is 0 Å². The zero-order valence-electron chi connectivity index (χ0n) is 7.50. The van der Waals surface area contributed by atoms with Crippen LogP contribution in [0.4, 0.5) is 17.6 Å². The molecule has 0 aromatic heterocycles. The first-order valence-electron chi connectivity index (χ1n) is 4.09. The van der Waals surface area contributed by atoms with E-state index in [1.165, 1.54) is 12.1 Å². The number of hydrogen-bond donors (Lipinski definition) is 2. The van der Waals surface area contributed by atoms with Crippen molar-refractivity contribution in [1.82, 2.24) is 0 Å². The fraction of sp³-hybridized carbons (Fsp3) is 0.333. The highest BCUT2D eigenvalue weighted by atomic mass is 19.4. The van der Waals surface area contributed by atoms with Crippen LogP contribution in [-0.4, -0.2) is 17.4 Å². The zero-order chi connectivity index (χ0) is 11.6. The Kier molecular flexibility index (Phi) is 3.31. The molecule has 0 bridgehead atoms. The Labute approximate surface area is 83.3 Å². The SMILES string of the molecule is N[C@H](c1ccccc1F)[C@@H](O)C(F)(F)F. The summed E-state index contributed by atoms with van der Waals surface area (Å²) in [4.78, 5) is 0. The average molecular weight is 223 g/mol. The predicted octanol–water partition coefficient (Wildman–Crippen LogP) is 1.75. The van der Waals surface area contributed by atoms with Gasteiger partial charge in [-0.05, 0) is 6.07 Å². The van der Waals surface area contributed by atoms with Crippen molar-refractivity contribution in [2.45, 2.75) is 18.3 Å². The van der Waals surface area contributed by atoms with Crippen LogP contribution in [0.3, 0.4) is 0 Å². The smallest absolute Gasteiger partial charge is 0.382 e. The molecule has 0 unspecified atom stereocenters. The second kappa shape index (κ2) is 4.16. The van der Waals surface area contributed by atoms with Crippen molar-refractivity contribution in [3.63, 3.8) is 0 Å². The van der Waals surface area contributed by atoms with E-state index in [4.69, 9.17) is 10.8 Å². The van der Waals surface area contributed by atoms with Crippen LogP contribution in [0.5, 0.6) is 0 Å². The summed E-state index contributed by atoms with van der Waals surface area (Å²) < 4.78 is 49.2. The minimum atomic E-state index is -4.86. The first-order valence-corrected chi connectivity index (χ1v) is 4.09. The number of hydrogen-bond acceptors (Lipinski definition) is 2. The second-order valence-electron chi connectivity index (χ2n) is 3.03. The van der Waals surface area contributed by atoms with Gasteiger partial charge in [-0.1, -0.05) is 18.2 Å². The van der Waals surface area contributed by atoms with Gasteiger partial charge in [0.15, 0.2) is 6.10 Å². The Balaban J connectivity index is 2.95. The van der Waals surface area contributed by atoms with Gasteiger partial charge in [-0.25, -0.2) is 4.39 Å². The first-order chi connectivity index (χ1) is 6.84. The summed E-state index contributed by atoms with van der Waals surface area (Å²) in [5.41, 5.74) is 4.76. The molecule has 0 saturated carbocycles. The van der Waals surface area contributed by atoms with Crippen LogP contribution in [0.25, 0.3) is 0 Å². The molecule has 0 aliphatic carbocycles. The van der Waals surface area contributed by atoms with Crippen LogP contribution in [0.1, 0.15) is 11.6 Å². The Morgan fingerprint density at radius 1 is 1.20 bits per heavy atom. The standard InChI is InChI=1S/C9H9F4NO/c10-6-4-2-1-3-5(6)7(14)8(15)9(11,12)13/h1-4,7-8,15H,14H2/t7-,8-/m1/s1. The third kappa shape index (κ3) is 2.66. The zero-order valence-corrected chi connectivity index (χ0v) is 7.50. The lowest BCUT2D eigenvalue weighted by molar-refractivity contribution is -0.210. The second-order valence-corrected chi connectivity index (χ2v) is 3.03. The molecule has 0 fully saturated rings. The number of halogens is 4. The van der Waals surface area contributed by atoms with Crippen LogP contribution < -0.4 is 5.73 Å². The van der Waals surface area contributed by atoms with Crippen molar-refractivity contribution in [1.29, 1.82) is 0 Å². The summed E-state index contributed by atoms with van der Waals surface area (Å²) >= 11 is 0. The van der Waals surface area contributed by atoms with Gasteiger partial charge in [-0.3, -0.25) is 0 Å². The predicted molar refractivity (Wildman–Crippen MR) is 45.4 cm³/mol. The molecule has 6 heteroatoms. The molecule has 0 spiro atoms. The summed E-state index contributed by atoms with van der Waals surface area (Å²) in [5, 5.41) is 8.82. The van der Waals surface area contributed by atoms with Crippen molar-refractivity contribution in [3.8, 4) is 0 Å². The highest BCUT2D eigenvalue weighted by Gasteiger charge is 2.43. The third-order valence-corrected chi connectivity index (χ3v) is 1.94.